The van der Waals surface area contributed by atoms with Gasteiger partial charge in [0.15, 0.2) is 5.16 Å². The largest absolute Gasteiger partial charge is 0.158 e. The molecule has 0 fully saturated rings. The van der Waals surface area contributed by atoms with Crippen LogP contribution in [0.3, 0.4) is 0 Å². The van der Waals surface area contributed by atoms with Gasteiger partial charge in [-0.15, -0.1) is 5.43 Å². The second-order valence-corrected chi connectivity index (χ2v) is 4.81. The first-order valence-electron chi connectivity index (χ1n) is 2.13. The minimum absolute atomic E-state index is 0.0486. The van der Waals surface area contributed by atoms with Crippen molar-refractivity contribution in [3.8, 4) is 0 Å². The summed E-state index contributed by atoms with van der Waals surface area (Å²) in [5, 5.41) is 4.04. The van der Waals surface area contributed by atoms with E-state index in [-0.39, 0.29) is 3.74 Å². The maximum Gasteiger partial charge on any atom is 0.158 e. The van der Waals surface area contributed by atoms with Crippen molar-refractivity contribution in [2.24, 2.45) is 5.10 Å². The first-order valence-corrected chi connectivity index (χ1v) is 4.34. The molecule has 0 unspecified atom stereocenters. The summed E-state index contributed by atoms with van der Waals surface area (Å²) in [5.74, 6) is 0. The maximum absolute atomic E-state index is 5.60. The Morgan fingerprint density at radius 1 is 1.56 bits per heavy atom. The molecule has 0 bridgehead atoms. The van der Waals surface area contributed by atoms with Crippen LogP contribution in [0.2, 0.25) is 0 Å². The van der Waals surface area contributed by atoms with Crippen LogP contribution < -0.4 is 5.43 Å². The van der Waals surface area contributed by atoms with Crippen molar-refractivity contribution in [3.05, 3.63) is 10.7 Å². The molecule has 1 radical (unpaired) electrons. The van der Waals surface area contributed by atoms with Crippen molar-refractivity contribution >= 4 is 49.7 Å². The van der Waals surface area contributed by atoms with Gasteiger partial charge in [0.05, 0.1) is 9.95 Å². The highest BCUT2D eigenvalue weighted by atomic mass is 79.9. The molecule has 1 aliphatic heterocycles. The molecule has 0 aromatic heterocycles. The topological polar surface area (TPSA) is 26.5 Å². The van der Waals surface area contributed by atoms with Gasteiger partial charge in [-0.25, -0.2) is 0 Å². The normalized spacial score (nSPS) is 17.3. The van der Waals surface area contributed by atoms with Crippen LogP contribution in [0.4, 0.5) is 0 Å². The summed E-state index contributed by atoms with van der Waals surface area (Å²) < 4.78 is 0.0486. The number of alkyl halides is 2. The van der Waals surface area contributed by atoms with Gasteiger partial charge in [-0.2, -0.15) is 5.10 Å². The molecule has 0 amide bonds. The predicted molar refractivity (Wildman–Crippen MR) is 45.1 cm³/mol. The molecule has 0 aromatic rings. The van der Waals surface area contributed by atoms with E-state index in [0.717, 1.165) is 5.57 Å². The van der Waals surface area contributed by atoms with Gasteiger partial charge in [-0.05, 0) is 0 Å². The van der Waals surface area contributed by atoms with Crippen LogP contribution in [0.25, 0.3) is 0 Å². The van der Waals surface area contributed by atoms with Crippen LogP contribution in [-0.2, 0) is 0 Å². The molecule has 0 aliphatic carbocycles. The van der Waals surface area contributed by atoms with E-state index in [9.17, 15) is 0 Å². The number of hydrogen-bond acceptors (Lipinski definition) is 1. The Hall–Kier alpha value is 0.460. The van der Waals surface area contributed by atoms with Crippen molar-refractivity contribution in [2.45, 2.75) is 3.74 Å². The molecule has 9 heavy (non-hydrogen) atoms. The van der Waals surface area contributed by atoms with Crippen molar-refractivity contribution in [1.82, 2.24) is 5.43 Å². The minimum atomic E-state index is 0.0486. The highest BCUT2D eigenvalue weighted by Gasteiger charge is 2.14. The zero-order chi connectivity index (χ0) is 6.85. The average Bonchev–Trinajstić information content (AvgIpc) is 2.13. The summed E-state index contributed by atoms with van der Waals surface area (Å²) in [7, 11) is 0. The molecule has 2 nitrogen and oxygen atoms in total. The van der Waals surface area contributed by atoms with E-state index in [4.69, 9.17) is 11.6 Å². The van der Waals surface area contributed by atoms with Crippen molar-refractivity contribution in [2.75, 3.05) is 0 Å². The van der Waals surface area contributed by atoms with Crippen molar-refractivity contribution in [3.63, 3.8) is 0 Å². The van der Waals surface area contributed by atoms with Crippen LogP contribution >= 0.6 is 43.5 Å². The molecule has 0 atom stereocenters. The summed E-state index contributed by atoms with van der Waals surface area (Å²) in [6.07, 6.45) is 1.61. The highest BCUT2D eigenvalue weighted by Crippen LogP contribution is 2.24. The molecular formula is C4H2Br2ClN2. The number of allylic oxidation sites excluding steroid dienone is 1. The Morgan fingerprint density at radius 2 is 2.22 bits per heavy atom. The van der Waals surface area contributed by atoms with Crippen LogP contribution in [0.15, 0.2) is 15.8 Å². The Balaban J connectivity index is 2.77. The monoisotopic (exact) mass is 271 g/mol. The van der Waals surface area contributed by atoms with E-state index in [1.165, 1.54) is 0 Å². The van der Waals surface area contributed by atoms with Crippen molar-refractivity contribution < 1.29 is 0 Å². The van der Waals surface area contributed by atoms with Crippen molar-refractivity contribution in [1.29, 1.82) is 0 Å². The maximum atomic E-state index is 5.60. The van der Waals surface area contributed by atoms with Gasteiger partial charge < -0.3 is 0 Å². The number of nitrogens with zero attached hydrogens (tertiary/aromatic N) is 2. The van der Waals surface area contributed by atoms with Gasteiger partial charge in [-0.3, -0.25) is 0 Å². The Bertz CT molecular complexity index is 175. The predicted octanol–water partition coefficient (Wildman–Crippen LogP) is 2.16. The van der Waals surface area contributed by atoms with E-state index in [2.05, 4.69) is 42.4 Å². The lowest BCUT2D eigenvalue weighted by molar-refractivity contribution is 0.951. The summed E-state index contributed by atoms with van der Waals surface area (Å²) in [5.41, 5.74) is 4.45. The van der Waals surface area contributed by atoms with Crippen LogP contribution in [-0.4, -0.2) is 9.95 Å². The second kappa shape index (κ2) is 3.03. The molecule has 0 saturated heterocycles. The van der Waals surface area contributed by atoms with Gasteiger partial charge in [0.25, 0.3) is 0 Å². The van der Waals surface area contributed by atoms with E-state index < -0.39 is 0 Å². The Morgan fingerprint density at radius 3 is 2.44 bits per heavy atom. The smallest absolute Gasteiger partial charge is 0.157 e. The molecule has 0 saturated carbocycles. The third-order valence-corrected chi connectivity index (χ3v) is 2.10. The average molecular weight is 273 g/mol. The minimum Gasteiger partial charge on any atom is -0.157 e. The number of rotatable bonds is 1. The molecular weight excluding hydrogens is 271 g/mol. The van der Waals surface area contributed by atoms with Gasteiger partial charge in [0.2, 0.25) is 0 Å². The molecule has 1 aliphatic rings. The number of hydrogen-bond donors (Lipinski definition) is 0. The summed E-state index contributed by atoms with van der Waals surface area (Å²) in [4.78, 5) is 0. The van der Waals surface area contributed by atoms with Gasteiger partial charge in [0, 0.05) is 5.57 Å². The fourth-order valence-electron chi connectivity index (χ4n) is 0.399. The molecule has 0 aromatic carbocycles. The van der Waals surface area contributed by atoms with Gasteiger partial charge in [-0.1, -0.05) is 43.5 Å². The van der Waals surface area contributed by atoms with E-state index in [1.807, 2.05) is 0 Å². The second-order valence-electron chi connectivity index (χ2n) is 1.39. The quantitative estimate of drug-likeness (QED) is 0.517. The SMILES string of the molecule is ClC1=C(C(Br)Br)C=N[N]1. The highest BCUT2D eigenvalue weighted by molar-refractivity contribution is 9.24. The van der Waals surface area contributed by atoms with Gasteiger partial charge >= 0.3 is 0 Å². The Kier molecular flexibility index (Phi) is 2.55. The molecule has 1 heterocycles. The first kappa shape index (κ1) is 7.57. The van der Waals surface area contributed by atoms with Crippen LogP contribution in [0, 0.1) is 0 Å². The van der Waals surface area contributed by atoms with E-state index in [1.54, 1.807) is 6.21 Å². The zero-order valence-electron chi connectivity index (χ0n) is 4.18. The molecule has 49 valence electrons. The van der Waals surface area contributed by atoms with Crippen LogP contribution in [0.1, 0.15) is 0 Å². The lowest BCUT2D eigenvalue weighted by atomic mass is 10.4. The molecule has 1 rings (SSSR count). The zero-order valence-corrected chi connectivity index (χ0v) is 8.11. The third-order valence-electron chi connectivity index (χ3n) is 0.816. The van der Waals surface area contributed by atoms with E-state index >= 15 is 0 Å². The molecule has 5 heteroatoms. The lowest BCUT2D eigenvalue weighted by Crippen LogP contribution is -1.93. The third kappa shape index (κ3) is 1.69. The van der Waals surface area contributed by atoms with Gasteiger partial charge in [0.1, 0.15) is 0 Å². The molecule has 0 spiro atoms. The lowest BCUT2D eigenvalue weighted by Gasteiger charge is -1.95. The molecule has 0 N–H and O–H groups in total. The van der Waals surface area contributed by atoms with Crippen LogP contribution in [0.5, 0.6) is 0 Å². The number of halogens is 3. The summed E-state index contributed by atoms with van der Waals surface area (Å²) >= 11 is 12.1. The standard InChI is InChI=1S/C4H2Br2ClN2/c5-3(6)2-1-8-9-4(2)7/h1,3H. The Labute approximate surface area is 74.6 Å². The fourth-order valence-corrected chi connectivity index (χ4v) is 1.53. The first-order chi connectivity index (χ1) is 4.22. The summed E-state index contributed by atoms with van der Waals surface area (Å²) in [6.45, 7) is 0. The summed E-state index contributed by atoms with van der Waals surface area (Å²) in [6, 6.07) is 0. The fraction of sp³-hybridized carbons (Fsp3) is 0.250. The van der Waals surface area contributed by atoms with E-state index in [0.29, 0.717) is 5.16 Å².